The third-order valence-corrected chi connectivity index (χ3v) is 5.45. The number of rotatable bonds is 5. The van der Waals surface area contributed by atoms with Gasteiger partial charge in [0, 0.05) is 13.0 Å². The number of nitrogens with zero attached hydrogens (tertiary/aromatic N) is 1. The minimum Gasteiger partial charge on any atom is -0.458 e. The quantitative estimate of drug-likeness (QED) is 0.583. The van der Waals surface area contributed by atoms with Crippen molar-refractivity contribution in [2.24, 2.45) is 5.92 Å². The molecule has 0 aliphatic carbocycles. The molecule has 1 aromatic rings. The van der Waals surface area contributed by atoms with Crippen molar-refractivity contribution in [2.45, 2.75) is 31.0 Å². The molecule has 4 nitrogen and oxygen atoms in total. The zero-order valence-corrected chi connectivity index (χ0v) is 15.2. The summed E-state index contributed by atoms with van der Waals surface area (Å²) in [5.41, 5.74) is -1.03. The highest BCUT2D eigenvalue weighted by molar-refractivity contribution is 14.1. The molecular weight excluding hydrogens is 403 g/mol. The van der Waals surface area contributed by atoms with Crippen LogP contribution in [-0.2, 0) is 15.1 Å². The van der Waals surface area contributed by atoms with Crippen molar-refractivity contribution < 1.29 is 14.6 Å². The summed E-state index contributed by atoms with van der Waals surface area (Å²) < 4.78 is 7.59. The number of benzene rings is 1. The molecule has 3 fully saturated rings. The normalized spacial score (nSPS) is 29.4. The van der Waals surface area contributed by atoms with Gasteiger partial charge in [-0.05, 0) is 41.5 Å². The van der Waals surface area contributed by atoms with Crippen LogP contribution < -0.4 is 0 Å². The van der Waals surface area contributed by atoms with Crippen molar-refractivity contribution in [2.75, 3.05) is 19.6 Å². The Hall–Kier alpha value is -0.920. The first kappa shape index (κ1) is 16.9. The summed E-state index contributed by atoms with van der Waals surface area (Å²) in [7, 11) is 0. The largest absolute Gasteiger partial charge is 0.458 e. The number of ether oxygens (including phenoxy) is 1. The second-order valence-corrected chi connectivity index (χ2v) is 7.09. The van der Waals surface area contributed by atoms with E-state index in [2.05, 4.69) is 27.5 Å². The molecule has 0 spiro atoms. The number of hydrogen-bond donors (Lipinski definition) is 1. The first-order chi connectivity index (χ1) is 11.1. The van der Waals surface area contributed by atoms with Crippen LogP contribution in [-0.4, -0.2) is 41.7 Å². The van der Waals surface area contributed by atoms with E-state index in [0.29, 0.717) is 11.5 Å². The summed E-state index contributed by atoms with van der Waals surface area (Å²) in [6.45, 7) is 2.99. The van der Waals surface area contributed by atoms with Gasteiger partial charge in [0.05, 0.1) is 0 Å². The van der Waals surface area contributed by atoms with Crippen molar-refractivity contribution >= 4 is 28.6 Å². The standard InChI is InChI=1S/C18H22INO3/c19-10-4-9-18(22,15-5-2-1-3-6-15)17(21)23-16-13-20-11-7-14(16)8-12-20/h1-6,10,14,16,22H,7-9,11-13H2/i19-2. The van der Waals surface area contributed by atoms with Gasteiger partial charge in [0.15, 0.2) is 5.60 Å². The first-order valence-corrected chi connectivity index (χ1v) is 9.34. The van der Waals surface area contributed by atoms with Crippen molar-refractivity contribution in [1.82, 2.24) is 4.90 Å². The smallest absolute Gasteiger partial charge is 0.343 e. The fourth-order valence-electron chi connectivity index (χ4n) is 3.53. The van der Waals surface area contributed by atoms with Gasteiger partial charge in [-0.15, -0.1) is 0 Å². The molecule has 1 N–H and O–H groups in total. The Bertz CT molecular complexity index is 569. The molecule has 0 radical (unpaired) electrons. The Morgan fingerprint density at radius 1 is 1.35 bits per heavy atom. The lowest BCUT2D eigenvalue weighted by Gasteiger charge is -2.44. The molecule has 0 amide bonds. The van der Waals surface area contributed by atoms with E-state index in [0.717, 1.165) is 32.5 Å². The predicted octanol–water partition coefficient (Wildman–Crippen LogP) is 2.85. The zero-order chi connectivity index (χ0) is 16.3. The minimum absolute atomic E-state index is 0.0937. The second kappa shape index (κ2) is 7.32. The Balaban J connectivity index is 1.78. The highest BCUT2D eigenvalue weighted by Gasteiger charge is 2.43. The number of piperidine rings is 3. The molecule has 0 saturated carbocycles. The van der Waals surface area contributed by atoms with Crippen LogP contribution in [0.1, 0.15) is 24.8 Å². The third kappa shape index (κ3) is 3.61. The van der Waals surface area contributed by atoms with Gasteiger partial charge in [-0.3, -0.25) is 4.90 Å². The van der Waals surface area contributed by atoms with Gasteiger partial charge < -0.3 is 9.84 Å². The van der Waals surface area contributed by atoms with E-state index in [9.17, 15) is 9.90 Å². The fraction of sp³-hybridized carbons (Fsp3) is 0.500. The average Bonchev–Trinajstić information content (AvgIpc) is 2.61. The lowest BCUT2D eigenvalue weighted by atomic mass is 9.85. The maximum Gasteiger partial charge on any atom is 0.343 e. The van der Waals surface area contributed by atoms with E-state index in [1.807, 2.05) is 22.3 Å². The van der Waals surface area contributed by atoms with Crippen molar-refractivity contribution in [3.05, 3.63) is 46.1 Å². The molecule has 2 unspecified atom stereocenters. The molecule has 2 atom stereocenters. The molecule has 3 heterocycles. The van der Waals surface area contributed by atoms with E-state index >= 15 is 0 Å². The van der Waals surface area contributed by atoms with E-state index in [1.54, 1.807) is 18.2 Å². The van der Waals surface area contributed by atoms with E-state index in [-0.39, 0.29) is 12.5 Å². The third-order valence-electron chi connectivity index (χ3n) is 4.95. The van der Waals surface area contributed by atoms with Gasteiger partial charge in [0.1, 0.15) is 6.10 Å². The summed E-state index contributed by atoms with van der Waals surface area (Å²) >= 11 is 2.09. The summed E-state index contributed by atoms with van der Waals surface area (Å²) in [6.07, 6.45) is 4.08. The molecule has 2 bridgehead atoms. The number of hydrogen-bond acceptors (Lipinski definition) is 4. The number of esters is 1. The van der Waals surface area contributed by atoms with Gasteiger partial charge in [0.25, 0.3) is 0 Å². The maximum atomic E-state index is 12.8. The number of fused-ring (bicyclic) bond motifs is 3. The molecule has 3 aliphatic heterocycles. The van der Waals surface area contributed by atoms with Crippen molar-refractivity contribution in [1.29, 1.82) is 0 Å². The molecule has 3 saturated heterocycles. The highest BCUT2D eigenvalue weighted by atomic mass is 125. The van der Waals surface area contributed by atoms with Gasteiger partial charge in [0.2, 0.25) is 0 Å². The molecule has 5 heteroatoms. The minimum atomic E-state index is -1.62. The molecule has 4 rings (SSSR count). The summed E-state index contributed by atoms with van der Waals surface area (Å²) in [4.78, 5) is 15.1. The first-order valence-electron chi connectivity index (χ1n) is 8.10. The van der Waals surface area contributed by atoms with E-state index < -0.39 is 11.6 Å². The Morgan fingerprint density at radius 3 is 2.61 bits per heavy atom. The van der Waals surface area contributed by atoms with Gasteiger partial charge >= 0.3 is 5.97 Å². The van der Waals surface area contributed by atoms with Crippen LogP contribution in [0.2, 0.25) is 0 Å². The van der Waals surface area contributed by atoms with Crippen LogP contribution in [0.25, 0.3) is 0 Å². The average molecular weight is 425 g/mol. The van der Waals surface area contributed by atoms with E-state index in [4.69, 9.17) is 4.74 Å². The Morgan fingerprint density at radius 2 is 2.04 bits per heavy atom. The molecule has 3 aliphatic rings. The monoisotopic (exact) mass is 425 g/mol. The van der Waals surface area contributed by atoms with Crippen LogP contribution in [0.5, 0.6) is 0 Å². The fourth-order valence-corrected chi connectivity index (χ4v) is 3.78. The molecule has 124 valence electrons. The number of carbonyl (C=O) groups is 1. The maximum absolute atomic E-state index is 12.8. The van der Waals surface area contributed by atoms with Crippen LogP contribution in [0.3, 0.4) is 0 Å². The molecule has 0 aromatic heterocycles. The number of aliphatic hydroxyl groups is 1. The molecule has 23 heavy (non-hydrogen) atoms. The Kier molecular flexibility index (Phi) is 5.38. The van der Waals surface area contributed by atoms with Crippen LogP contribution >= 0.6 is 22.6 Å². The number of carbonyl (C=O) groups excluding carboxylic acids is 1. The molecular formula is C18H22INO3. The lowest BCUT2D eigenvalue weighted by Crippen LogP contribution is -2.53. The summed E-state index contributed by atoms with van der Waals surface area (Å²) in [5.74, 6) is -0.0963. The number of halogens is 1. The topological polar surface area (TPSA) is 49.8 Å². The van der Waals surface area contributed by atoms with Crippen LogP contribution in [0.4, 0.5) is 0 Å². The predicted molar refractivity (Wildman–Crippen MR) is 97.2 cm³/mol. The SMILES string of the molecule is O=C(OC1CN2CCC1CC2)C(O)(CC=C[125I])c1ccccc1. The highest BCUT2D eigenvalue weighted by Crippen LogP contribution is 2.33. The van der Waals surface area contributed by atoms with Gasteiger partial charge in [-0.25, -0.2) is 4.79 Å². The summed E-state index contributed by atoms with van der Waals surface area (Å²) in [5, 5.41) is 11.0. The van der Waals surface area contributed by atoms with Crippen molar-refractivity contribution in [3.63, 3.8) is 0 Å². The zero-order valence-electron chi connectivity index (χ0n) is 13.0. The second-order valence-electron chi connectivity index (χ2n) is 6.37. The summed E-state index contributed by atoms with van der Waals surface area (Å²) in [6, 6.07) is 9.08. The van der Waals surface area contributed by atoms with Gasteiger partial charge in [-0.2, -0.15) is 0 Å². The van der Waals surface area contributed by atoms with Crippen LogP contribution in [0.15, 0.2) is 40.5 Å². The van der Waals surface area contributed by atoms with E-state index in [1.165, 1.54) is 0 Å². The van der Waals surface area contributed by atoms with Crippen molar-refractivity contribution in [3.8, 4) is 0 Å². The lowest BCUT2D eigenvalue weighted by molar-refractivity contribution is -0.181. The van der Waals surface area contributed by atoms with Gasteiger partial charge in [-0.1, -0.05) is 59.0 Å². The van der Waals surface area contributed by atoms with Crippen LogP contribution in [0, 0.1) is 5.92 Å². The molecule has 1 aromatic carbocycles. The Labute approximate surface area is 150 Å².